The summed E-state index contributed by atoms with van der Waals surface area (Å²) in [6.07, 6.45) is -4.33. The van der Waals surface area contributed by atoms with Gasteiger partial charge in [0.25, 0.3) is 0 Å². The Balaban J connectivity index is 2.71. The van der Waals surface area contributed by atoms with Gasteiger partial charge in [0, 0.05) is 6.54 Å². The smallest absolute Gasteiger partial charge is 0.393 e. The molecule has 5 heteroatoms. The number of ether oxygens (including phenoxy) is 1. The average molecular weight is 233 g/mol. The molecule has 1 aromatic carbocycles. The van der Waals surface area contributed by atoms with Crippen LogP contribution in [0.4, 0.5) is 13.2 Å². The quantitative estimate of drug-likeness (QED) is 0.866. The number of nitrogens with two attached hydrogens (primary N) is 1. The van der Waals surface area contributed by atoms with E-state index in [1.807, 2.05) is 0 Å². The third kappa shape index (κ3) is 3.41. The molecule has 2 N–H and O–H groups in total. The van der Waals surface area contributed by atoms with E-state index in [-0.39, 0.29) is 6.42 Å². The Labute approximate surface area is 92.2 Å². The largest absolute Gasteiger partial charge is 0.497 e. The molecule has 16 heavy (non-hydrogen) atoms. The summed E-state index contributed by atoms with van der Waals surface area (Å²) in [5, 5.41) is 0. The highest BCUT2D eigenvalue weighted by molar-refractivity contribution is 5.27. The second-order valence-corrected chi connectivity index (χ2v) is 3.53. The minimum absolute atomic E-state index is 0.0933. The Kier molecular flexibility index (Phi) is 4.18. The van der Waals surface area contributed by atoms with Gasteiger partial charge in [0.15, 0.2) is 0 Å². The first-order valence-corrected chi connectivity index (χ1v) is 4.87. The molecule has 0 heterocycles. The van der Waals surface area contributed by atoms with Gasteiger partial charge in [-0.05, 0) is 24.1 Å². The summed E-state index contributed by atoms with van der Waals surface area (Å²) >= 11 is 0. The van der Waals surface area contributed by atoms with Crippen molar-refractivity contribution in [3.05, 3.63) is 29.8 Å². The zero-order valence-electron chi connectivity index (χ0n) is 8.92. The van der Waals surface area contributed by atoms with Crippen LogP contribution in [0.15, 0.2) is 24.3 Å². The van der Waals surface area contributed by atoms with Crippen LogP contribution in [0.2, 0.25) is 0 Å². The predicted molar refractivity (Wildman–Crippen MR) is 55.3 cm³/mol. The minimum atomic E-state index is -4.24. The van der Waals surface area contributed by atoms with E-state index in [9.17, 15) is 13.2 Å². The van der Waals surface area contributed by atoms with Gasteiger partial charge < -0.3 is 10.5 Å². The van der Waals surface area contributed by atoms with Crippen LogP contribution < -0.4 is 10.5 Å². The number of hydrogen-bond donors (Lipinski definition) is 1. The van der Waals surface area contributed by atoms with Crippen molar-refractivity contribution < 1.29 is 17.9 Å². The molecule has 2 nitrogen and oxygen atoms in total. The lowest BCUT2D eigenvalue weighted by atomic mass is 9.99. The van der Waals surface area contributed by atoms with E-state index in [0.29, 0.717) is 11.3 Å². The van der Waals surface area contributed by atoms with Crippen molar-refractivity contribution in [1.82, 2.24) is 0 Å². The molecule has 0 spiro atoms. The first-order valence-electron chi connectivity index (χ1n) is 4.87. The van der Waals surface area contributed by atoms with Crippen molar-refractivity contribution in [3.8, 4) is 5.75 Å². The summed E-state index contributed by atoms with van der Waals surface area (Å²) in [5.74, 6) is -0.860. The summed E-state index contributed by atoms with van der Waals surface area (Å²) in [5.41, 5.74) is 5.72. The first-order chi connectivity index (χ1) is 7.47. The number of hydrogen-bond acceptors (Lipinski definition) is 2. The molecule has 0 aliphatic carbocycles. The number of rotatable bonds is 4. The molecule has 1 aromatic rings. The molecule has 1 unspecified atom stereocenters. The van der Waals surface area contributed by atoms with E-state index in [4.69, 9.17) is 10.5 Å². The summed E-state index contributed by atoms with van der Waals surface area (Å²) in [4.78, 5) is 0. The fraction of sp³-hybridized carbons (Fsp3) is 0.455. The number of methoxy groups -OCH3 is 1. The molecule has 1 rings (SSSR count). The highest BCUT2D eigenvalue weighted by Crippen LogP contribution is 2.28. The van der Waals surface area contributed by atoms with Crippen molar-refractivity contribution in [2.45, 2.75) is 12.6 Å². The lowest BCUT2D eigenvalue weighted by molar-refractivity contribution is -0.171. The number of benzene rings is 1. The van der Waals surface area contributed by atoms with E-state index in [0.717, 1.165) is 0 Å². The van der Waals surface area contributed by atoms with Crippen LogP contribution in [-0.2, 0) is 6.42 Å². The molecule has 0 radical (unpaired) electrons. The zero-order valence-corrected chi connectivity index (χ0v) is 8.92. The van der Waals surface area contributed by atoms with E-state index in [2.05, 4.69) is 0 Å². The summed E-state index contributed by atoms with van der Waals surface area (Å²) in [7, 11) is 1.51. The van der Waals surface area contributed by atoms with Crippen LogP contribution in [0.1, 0.15) is 5.56 Å². The van der Waals surface area contributed by atoms with Gasteiger partial charge in [0.1, 0.15) is 5.75 Å². The minimum Gasteiger partial charge on any atom is -0.497 e. The third-order valence-electron chi connectivity index (χ3n) is 2.39. The lowest BCUT2D eigenvalue weighted by Crippen LogP contribution is -2.31. The van der Waals surface area contributed by atoms with E-state index < -0.39 is 18.6 Å². The van der Waals surface area contributed by atoms with Crippen molar-refractivity contribution >= 4 is 0 Å². The highest BCUT2D eigenvalue weighted by Gasteiger charge is 2.38. The monoisotopic (exact) mass is 233 g/mol. The SMILES string of the molecule is COc1ccc(CC(CN)C(F)(F)F)cc1. The maximum Gasteiger partial charge on any atom is 0.393 e. The van der Waals surface area contributed by atoms with Crippen LogP contribution in [0, 0.1) is 5.92 Å². The lowest BCUT2D eigenvalue weighted by Gasteiger charge is -2.18. The molecule has 0 bridgehead atoms. The van der Waals surface area contributed by atoms with Gasteiger partial charge in [-0.25, -0.2) is 0 Å². The van der Waals surface area contributed by atoms with Crippen molar-refractivity contribution in [2.24, 2.45) is 11.7 Å². The van der Waals surface area contributed by atoms with Crippen LogP contribution in [0.3, 0.4) is 0 Å². The molecule has 90 valence electrons. The first kappa shape index (κ1) is 12.8. The number of halogens is 3. The van der Waals surface area contributed by atoms with Gasteiger partial charge in [-0.15, -0.1) is 0 Å². The average Bonchev–Trinajstić information content (AvgIpc) is 2.25. The summed E-state index contributed by atoms with van der Waals surface area (Å²) in [6.45, 7) is -0.393. The number of alkyl halides is 3. The van der Waals surface area contributed by atoms with Crippen molar-refractivity contribution in [2.75, 3.05) is 13.7 Å². The molecule has 0 aliphatic heterocycles. The summed E-state index contributed by atoms with van der Waals surface area (Å²) in [6, 6.07) is 6.51. The second-order valence-electron chi connectivity index (χ2n) is 3.53. The molecule has 1 atom stereocenters. The predicted octanol–water partition coefficient (Wildman–Crippen LogP) is 2.37. The maximum absolute atomic E-state index is 12.4. The van der Waals surface area contributed by atoms with Crippen LogP contribution in [0.25, 0.3) is 0 Å². The van der Waals surface area contributed by atoms with Gasteiger partial charge in [-0.3, -0.25) is 0 Å². The Morgan fingerprint density at radius 1 is 1.25 bits per heavy atom. The Hall–Kier alpha value is -1.23. The second kappa shape index (κ2) is 5.21. The maximum atomic E-state index is 12.4. The van der Waals surface area contributed by atoms with E-state index >= 15 is 0 Å². The molecular formula is C11H14F3NO. The summed E-state index contributed by atoms with van der Waals surface area (Å²) < 4.78 is 42.3. The fourth-order valence-electron chi connectivity index (χ4n) is 1.38. The van der Waals surface area contributed by atoms with Gasteiger partial charge in [0.05, 0.1) is 13.0 Å². The normalized spacial score (nSPS) is 13.6. The molecule has 0 aromatic heterocycles. The van der Waals surface area contributed by atoms with Crippen molar-refractivity contribution in [3.63, 3.8) is 0 Å². The fourth-order valence-corrected chi connectivity index (χ4v) is 1.38. The highest BCUT2D eigenvalue weighted by atomic mass is 19.4. The molecule has 0 fully saturated rings. The zero-order chi connectivity index (χ0) is 12.2. The molecule has 0 amide bonds. The Morgan fingerprint density at radius 2 is 1.81 bits per heavy atom. The van der Waals surface area contributed by atoms with Gasteiger partial charge in [-0.1, -0.05) is 12.1 Å². The van der Waals surface area contributed by atoms with Crippen LogP contribution >= 0.6 is 0 Å². The standard InChI is InChI=1S/C11H14F3NO/c1-16-10-4-2-8(3-5-10)6-9(7-15)11(12,13)14/h2-5,9H,6-7,15H2,1H3. The molecule has 0 saturated heterocycles. The molecule has 0 saturated carbocycles. The van der Waals surface area contributed by atoms with E-state index in [1.54, 1.807) is 24.3 Å². The molecule has 0 aliphatic rings. The van der Waals surface area contributed by atoms with Crippen LogP contribution in [-0.4, -0.2) is 19.8 Å². The molecular weight excluding hydrogens is 219 g/mol. The van der Waals surface area contributed by atoms with Gasteiger partial charge in [0.2, 0.25) is 0 Å². The Bertz CT molecular complexity index is 321. The topological polar surface area (TPSA) is 35.2 Å². The van der Waals surface area contributed by atoms with E-state index in [1.165, 1.54) is 7.11 Å². The third-order valence-corrected chi connectivity index (χ3v) is 2.39. The van der Waals surface area contributed by atoms with Gasteiger partial charge in [-0.2, -0.15) is 13.2 Å². The Morgan fingerprint density at radius 3 is 2.19 bits per heavy atom. The van der Waals surface area contributed by atoms with Crippen molar-refractivity contribution in [1.29, 1.82) is 0 Å². The van der Waals surface area contributed by atoms with Gasteiger partial charge >= 0.3 is 6.18 Å². The van der Waals surface area contributed by atoms with Crippen LogP contribution in [0.5, 0.6) is 5.75 Å².